The minimum Gasteiger partial charge on any atom is -0.194 e. The lowest BCUT2D eigenvalue weighted by Gasteiger charge is -2.26. The summed E-state index contributed by atoms with van der Waals surface area (Å²) in [6, 6.07) is 31.6. The van der Waals surface area contributed by atoms with Crippen LogP contribution in [0.5, 0.6) is 0 Å². The van der Waals surface area contributed by atoms with Gasteiger partial charge >= 0.3 is 35.5 Å². The van der Waals surface area contributed by atoms with Gasteiger partial charge in [0.25, 0.3) is 0 Å². The van der Waals surface area contributed by atoms with Gasteiger partial charge in [0.15, 0.2) is 0 Å². The van der Waals surface area contributed by atoms with Crippen molar-refractivity contribution in [1.29, 1.82) is 0 Å². The summed E-state index contributed by atoms with van der Waals surface area (Å²) in [6.07, 6.45) is 0. The maximum atomic E-state index is 15.9. The molecule has 0 spiro atoms. The van der Waals surface area contributed by atoms with Crippen LogP contribution in [0.2, 0.25) is 0 Å². The number of allylic oxidation sites excluding steroid dienone is 4. The van der Waals surface area contributed by atoms with E-state index in [1.165, 1.54) is 53.7 Å². The molecule has 4 heterocycles. The van der Waals surface area contributed by atoms with E-state index in [9.17, 15) is 0 Å². The van der Waals surface area contributed by atoms with Crippen molar-refractivity contribution in [3.8, 4) is 44.6 Å². The summed E-state index contributed by atoms with van der Waals surface area (Å²) in [5.41, 5.74) is -2.66. The average molecular weight is 1170 g/mol. The van der Waals surface area contributed by atoms with Crippen LogP contribution >= 0.6 is 45.3 Å². The van der Waals surface area contributed by atoms with Crippen LogP contribution in [-0.2, 0) is 0 Å². The van der Waals surface area contributed by atoms with Crippen molar-refractivity contribution in [2.24, 2.45) is 0 Å². The Morgan fingerprint density at radius 2 is 0.637 bits per heavy atom. The van der Waals surface area contributed by atoms with E-state index in [1.807, 2.05) is 48.5 Å². The predicted octanol–water partition coefficient (Wildman–Crippen LogP) is 20.5. The smallest absolute Gasteiger partial charge is 0.194 e. The largest absolute Gasteiger partial charge is 0.380 e. The molecule has 2 aliphatic carbocycles. The second kappa shape index (κ2) is 18.9. The summed E-state index contributed by atoms with van der Waals surface area (Å²) >= 11 is 4.24. The zero-order valence-corrected chi connectivity index (χ0v) is 46.8. The van der Waals surface area contributed by atoms with E-state index in [0.29, 0.717) is 52.9 Å². The van der Waals surface area contributed by atoms with E-state index < -0.39 is 57.8 Å². The highest BCUT2D eigenvalue weighted by atomic mass is 32.1. The van der Waals surface area contributed by atoms with E-state index in [1.54, 1.807) is 62.4 Å². The van der Waals surface area contributed by atoms with Crippen molar-refractivity contribution < 1.29 is 52.7 Å². The normalized spacial score (nSPS) is 17.6. The Hall–Kier alpha value is -6.82. The molecule has 0 N–H and O–H groups in total. The van der Waals surface area contributed by atoms with Gasteiger partial charge in [-0.05, 0) is 147 Å². The van der Waals surface area contributed by atoms with Crippen molar-refractivity contribution >= 4 is 89.2 Å². The van der Waals surface area contributed by atoms with Gasteiger partial charge < -0.3 is 0 Å². The number of benzene rings is 5. The summed E-state index contributed by atoms with van der Waals surface area (Å²) in [4.78, 5) is 2.78. The van der Waals surface area contributed by atoms with Gasteiger partial charge in [-0.15, -0.1) is 45.3 Å². The summed E-state index contributed by atoms with van der Waals surface area (Å²) < 4.78 is 187. The molecule has 0 unspecified atom stereocenters. The third-order valence-electron chi connectivity index (χ3n) is 15.0. The number of hydrogen-bond acceptors (Lipinski definition) is 4. The molecule has 2 aliphatic rings. The number of rotatable bonds is 6. The van der Waals surface area contributed by atoms with Crippen LogP contribution in [0.15, 0.2) is 109 Å². The molecule has 0 saturated heterocycles. The van der Waals surface area contributed by atoms with Crippen LogP contribution in [0.4, 0.5) is 52.7 Å². The van der Waals surface area contributed by atoms with Gasteiger partial charge in [-0.25, -0.2) is 0 Å². The Balaban J connectivity index is 0.913. The first-order valence-corrected chi connectivity index (χ1v) is 28.1. The molecular weight excluding hydrogens is 1120 g/mol. The number of halogens is 12. The second-order valence-electron chi connectivity index (χ2n) is 20.1. The molecular formula is C64H42F12S4. The molecule has 0 atom stereocenters. The molecule has 0 fully saturated rings. The SMILES string of the molecule is Cc1cc(C2=C(c3c(C)sc(-c4ccc(C#Cc5c6ccccc6c(C#Cc6ccc(-c7sc(C)c(C8=C(c9cc(C)sc9C)C(F)(F)C(F)(F)C8(F)F)c7C)cc6)c6ccccc56)cc4)c3C)C(F)(F)C(F)(F)C2(F)F)c(C)s1. The fourth-order valence-electron chi connectivity index (χ4n) is 11.3. The van der Waals surface area contributed by atoms with Crippen LogP contribution in [-0.4, -0.2) is 35.5 Å². The second-order valence-corrected chi connectivity index (χ2v) is 25.4. The highest BCUT2D eigenvalue weighted by Crippen LogP contribution is 2.68. The summed E-state index contributed by atoms with van der Waals surface area (Å²) in [5, 5.41) is 3.22. The van der Waals surface area contributed by atoms with Gasteiger partial charge in [-0.3, -0.25) is 0 Å². The first kappa shape index (κ1) is 55.1. The van der Waals surface area contributed by atoms with Crippen LogP contribution in [0.3, 0.4) is 0 Å². The highest BCUT2D eigenvalue weighted by molar-refractivity contribution is 7.16. The zero-order valence-electron chi connectivity index (χ0n) is 43.6. The van der Waals surface area contributed by atoms with Crippen LogP contribution in [0, 0.1) is 79.1 Å². The first-order chi connectivity index (χ1) is 37.5. The van der Waals surface area contributed by atoms with Crippen molar-refractivity contribution in [2.75, 3.05) is 0 Å². The Bertz CT molecular complexity index is 3950. The van der Waals surface area contributed by atoms with Crippen LogP contribution in [0.25, 0.3) is 64.7 Å². The number of alkyl halides is 12. The fourth-order valence-corrected chi connectivity index (χ4v) is 15.5. The molecule has 11 rings (SSSR count). The predicted molar refractivity (Wildman–Crippen MR) is 303 cm³/mol. The lowest BCUT2D eigenvalue weighted by atomic mass is 9.91. The van der Waals surface area contributed by atoms with E-state index >= 15 is 52.7 Å². The molecule has 4 aromatic heterocycles. The molecule has 0 aliphatic heterocycles. The first-order valence-electron chi connectivity index (χ1n) is 24.9. The Kier molecular flexibility index (Phi) is 13.0. The fraction of sp³-hybridized carbons (Fsp3) is 0.219. The van der Waals surface area contributed by atoms with Crippen molar-refractivity contribution in [3.05, 3.63) is 194 Å². The molecule has 5 aromatic carbocycles. The molecule has 9 aromatic rings. The Labute approximate surface area is 468 Å². The van der Waals surface area contributed by atoms with Crippen molar-refractivity contribution in [2.45, 2.75) is 90.9 Å². The third-order valence-corrected chi connectivity index (χ3v) is 19.4. The monoisotopic (exact) mass is 1170 g/mol. The third kappa shape index (κ3) is 8.01. The van der Waals surface area contributed by atoms with E-state index in [0.717, 1.165) is 66.9 Å². The van der Waals surface area contributed by atoms with Crippen molar-refractivity contribution in [1.82, 2.24) is 0 Å². The number of hydrogen-bond donors (Lipinski definition) is 0. The summed E-state index contributed by atoms with van der Waals surface area (Å²) in [7, 11) is 0. The summed E-state index contributed by atoms with van der Waals surface area (Å²) in [6.45, 7) is 12.0. The molecule has 406 valence electrons. The highest BCUT2D eigenvalue weighted by Gasteiger charge is 2.82. The van der Waals surface area contributed by atoms with Gasteiger partial charge in [0, 0.05) is 94.7 Å². The number of aryl methyl sites for hydroxylation is 6. The summed E-state index contributed by atoms with van der Waals surface area (Å²) in [5.74, 6) is -18.8. The molecule has 80 heavy (non-hydrogen) atoms. The average Bonchev–Trinajstić information content (AvgIpc) is 4.33. The maximum absolute atomic E-state index is 15.9. The molecule has 0 amide bonds. The van der Waals surface area contributed by atoms with Gasteiger partial charge in [-0.2, -0.15) is 52.7 Å². The van der Waals surface area contributed by atoms with Crippen LogP contribution < -0.4 is 0 Å². The van der Waals surface area contributed by atoms with Gasteiger partial charge in [0.1, 0.15) is 0 Å². The molecule has 0 radical (unpaired) electrons. The van der Waals surface area contributed by atoms with E-state index in [-0.39, 0.29) is 52.9 Å². The van der Waals surface area contributed by atoms with E-state index in [4.69, 9.17) is 0 Å². The Morgan fingerprint density at radius 1 is 0.338 bits per heavy atom. The molecule has 16 heteroatoms. The minimum atomic E-state index is -5.67. The van der Waals surface area contributed by atoms with Gasteiger partial charge in [0.05, 0.1) is 0 Å². The van der Waals surface area contributed by atoms with Gasteiger partial charge in [0.2, 0.25) is 0 Å². The standard InChI is InChI=1S/C64H42F12S4/c1-31-29-49(35(5)77-31)53-55(61(69,70)63(73,74)59(53,65)66)51-33(3)57(79-37(51)7)41-23-17-39(18-24-41)21-27-47-43-13-9-11-15-45(43)48(46-16-12-10-14-44(46)47)28-22-40-19-25-42(26-20-40)58-34(4)52(38(8)80-58)56-54(50-30-32(2)78-36(50)6)60(67,68)64(75,76)62(56,71)72/h9-20,23-26,29-30H,1-8H3. The molecule has 0 saturated carbocycles. The number of fused-ring (bicyclic) bond motifs is 2. The Morgan fingerprint density at radius 3 is 0.925 bits per heavy atom. The molecule has 0 nitrogen and oxygen atoms in total. The number of thiophene rings is 4. The molecule has 0 bridgehead atoms. The maximum Gasteiger partial charge on any atom is 0.380 e. The van der Waals surface area contributed by atoms with Crippen LogP contribution in [0.1, 0.15) is 84.9 Å². The zero-order chi connectivity index (χ0) is 57.6. The van der Waals surface area contributed by atoms with E-state index in [2.05, 4.69) is 23.7 Å². The lowest BCUT2D eigenvalue weighted by Crippen LogP contribution is -2.49. The minimum absolute atomic E-state index is 0.173. The van der Waals surface area contributed by atoms with Gasteiger partial charge in [-0.1, -0.05) is 96.5 Å². The van der Waals surface area contributed by atoms with Crippen molar-refractivity contribution in [3.63, 3.8) is 0 Å². The quantitative estimate of drug-likeness (QED) is 0.0884. The topological polar surface area (TPSA) is 0 Å². The lowest BCUT2D eigenvalue weighted by molar-refractivity contribution is -0.254.